The molecule has 12 heavy (non-hydrogen) atoms. The maximum Gasteiger partial charge on any atom is 0.0630 e. The van der Waals surface area contributed by atoms with Crippen LogP contribution in [0.5, 0.6) is 0 Å². The lowest BCUT2D eigenvalue weighted by Crippen LogP contribution is -2.55. The van der Waals surface area contributed by atoms with E-state index in [4.69, 9.17) is 0 Å². The normalized spacial score (nSPS) is 26.0. The van der Waals surface area contributed by atoms with E-state index < -0.39 is 0 Å². The quantitative estimate of drug-likeness (QED) is 0.675. The zero-order valence-corrected chi connectivity index (χ0v) is 9.02. The van der Waals surface area contributed by atoms with Crippen molar-refractivity contribution in [2.75, 3.05) is 0 Å². The standard InChI is InChI=1S/C11H22O/c1-8(2)11(9(3)4)6-10(5,12)7-11/h8-9,12H,6-7H2,1-5H3. The minimum atomic E-state index is -0.380. The van der Waals surface area contributed by atoms with E-state index in [9.17, 15) is 5.11 Å². The smallest absolute Gasteiger partial charge is 0.0630 e. The Hall–Kier alpha value is -0.0400. The first kappa shape index (κ1) is 10.0. The maximum absolute atomic E-state index is 9.75. The van der Waals surface area contributed by atoms with Crippen molar-refractivity contribution in [1.82, 2.24) is 0 Å². The predicted molar refractivity (Wildman–Crippen MR) is 52.0 cm³/mol. The average Bonchev–Trinajstić information content (AvgIpc) is 1.80. The van der Waals surface area contributed by atoms with E-state index in [1.807, 2.05) is 6.92 Å². The van der Waals surface area contributed by atoms with E-state index >= 15 is 0 Å². The highest BCUT2D eigenvalue weighted by Gasteiger charge is 2.53. The Kier molecular flexibility index (Phi) is 2.28. The van der Waals surface area contributed by atoms with Gasteiger partial charge in [0.25, 0.3) is 0 Å². The maximum atomic E-state index is 9.75. The third-order valence-corrected chi connectivity index (χ3v) is 3.72. The summed E-state index contributed by atoms with van der Waals surface area (Å²) >= 11 is 0. The van der Waals surface area contributed by atoms with Crippen molar-refractivity contribution in [2.24, 2.45) is 17.3 Å². The van der Waals surface area contributed by atoms with E-state index in [1.54, 1.807) is 0 Å². The van der Waals surface area contributed by atoms with Crippen LogP contribution < -0.4 is 0 Å². The molecule has 0 spiro atoms. The van der Waals surface area contributed by atoms with Crippen molar-refractivity contribution in [3.8, 4) is 0 Å². The molecule has 1 heteroatoms. The first-order valence-electron chi connectivity index (χ1n) is 5.02. The summed E-state index contributed by atoms with van der Waals surface area (Å²) in [7, 11) is 0. The molecule has 1 aliphatic carbocycles. The molecule has 1 aliphatic rings. The van der Waals surface area contributed by atoms with Crippen LogP contribution in [0.2, 0.25) is 0 Å². The molecule has 0 amide bonds. The van der Waals surface area contributed by atoms with Crippen LogP contribution in [-0.4, -0.2) is 10.7 Å². The van der Waals surface area contributed by atoms with Gasteiger partial charge in [-0.25, -0.2) is 0 Å². The van der Waals surface area contributed by atoms with Gasteiger partial charge in [-0.3, -0.25) is 0 Å². The van der Waals surface area contributed by atoms with Gasteiger partial charge in [-0.05, 0) is 37.0 Å². The van der Waals surface area contributed by atoms with Crippen molar-refractivity contribution in [3.63, 3.8) is 0 Å². The van der Waals surface area contributed by atoms with E-state index in [2.05, 4.69) is 27.7 Å². The lowest BCUT2D eigenvalue weighted by molar-refractivity contribution is -0.158. The Bertz CT molecular complexity index is 150. The molecule has 1 saturated carbocycles. The Balaban J connectivity index is 2.69. The Morgan fingerprint density at radius 2 is 1.33 bits per heavy atom. The molecule has 1 nitrogen and oxygen atoms in total. The van der Waals surface area contributed by atoms with Gasteiger partial charge in [0, 0.05) is 0 Å². The molecule has 1 fully saturated rings. The fourth-order valence-corrected chi connectivity index (χ4v) is 2.85. The molecule has 1 N–H and O–H groups in total. The van der Waals surface area contributed by atoms with Crippen molar-refractivity contribution in [3.05, 3.63) is 0 Å². The van der Waals surface area contributed by atoms with Crippen LogP contribution >= 0.6 is 0 Å². The summed E-state index contributed by atoms with van der Waals surface area (Å²) in [6.45, 7) is 11.0. The van der Waals surface area contributed by atoms with Crippen LogP contribution in [0, 0.1) is 17.3 Å². The van der Waals surface area contributed by atoms with Gasteiger partial charge in [-0.1, -0.05) is 27.7 Å². The SMILES string of the molecule is CC(C)C1(C(C)C)CC(C)(O)C1. The van der Waals surface area contributed by atoms with Gasteiger partial charge < -0.3 is 5.11 Å². The molecule has 0 bridgehead atoms. The highest BCUT2D eigenvalue weighted by atomic mass is 16.3. The molecule has 1 rings (SSSR count). The highest BCUT2D eigenvalue weighted by Crippen LogP contribution is 2.57. The van der Waals surface area contributed by atoms with Crippen molar-refractivity contribution in [2.45, 2.75) is 53.1 Å². The van der Waals surface area contributed by atoms with Crippen molar-refractivity contribution >= 4 is 0 Å². The molecular weight excluding hydrogens is 148 g/mol. The minimum absolute atomic E-state index is 0.380. The summed E-state index contributed by atoms with van der Waals surface area (Å²) < 4.78 is 0. The van der Waals surface area contributed by atoms with Gasteiger partial charge in [0.05, 0.1) is 5.60 Å². The molecule has 0 atom stereocenters. The fraction of sp³-hybridized carbons (Fsp3) is 1.00. The van der Waals surface area contributed by atoms with Crippen molar-refractivity contribution < 1.29 is 5.11 Å². The Morgan fingerprint density at radius 1 is 1.00 bits per heavy atom. The van der Waals surface area contributed by atoms with E-state index in [0.29, 0.717) is 17.3 Å². The lowest BCUT2D eigenvalue weighted by atomic mass is 9.50. The van der Waals surface area contributed by atoms with Crippen LogP contribution in [0.4, 0.5) is 0 Å². The number of hydrogen-bond donors (Lipinski definition) is 1. The summed E-state index contributed by atoms with van der Waals surface area (Å²) in [5, 5.41) is 9.75. The van der Waals surface area contributed by atoms with Gasteiger partial charge >= 0.3 is 0 Å². The van der Waals surface area contributed by atoms with Gasteiger partial charge in [0.2, 0.25) is 0 Å². The summed E-state index contributed by atoms with van der Waals surface area (Å²) in [6.07, 6.45) is 1.96. The predicted octanol–water partition coefficient (Wildman–Crippen LogP) is 2.83. The van der Waals surface area contributed by atoms with Crippen LogP contribution in [0.3, 0.4) is 0 Å². The second kappa shape index (κ2) is 2.73. The van der Waals surface area contributed by atoms with Crippen LogP contribution in [-0.2, 0) is 0 Å². The number of hydrogen-bond acceptors (Lipinski definition) is 1. The first-order chi connectivity index (χ1) is 5.30. The monoisotopic (exact) mass is 170 g/mol. The fourth-order valence-electron chi connectivity index (χ4n) is 2.85. The largest absolute Gasteiger partial charge is 0.390 e. The number of rotatable bonds is 2. The molecule has 0 heterocycles. The van der Waals surface area contributed by atoms with Crippen molar-refractivity contribution in [1.29, 1.82) is 0 Å². The summed E-state index contributed by atoms with van der Waals surface area (Å²) in [4.78, 5) is 0. The van der Waals surface area contributed by atoms with Crippen LogP contribution in [0.1, 0.15) is 47.5 Å². The Morgan fingerprint density at radius 3 is 1.42 bits per heavy atom. The molecule has 0 saturated heterocycles. The second-order valence-corrected chi connectivity index (χ2v) is 5.39. The zero-order valence-electron chi connectivity index (χ0n) is 9.02. The van der Waals surface area contributed by atoms with Crippen LogP contribution in [0.25, 0.3) is 0 Å². The third-order valence-electron chi connectivity index (χ3n) is 3.72. The molecular formula is C11H22O. The highest BCUT2D eigenvalue weighted by molar-refractivity contribution is 5.04. The number of aliphatic hydroxyl groups is 1. The minimum Gasteiger partial charge on any atom is -0.390 e. The molecule has 0 radical (unpaired) electrons. The summed E-state index contributed by atoms with van der Waals surface area (Å²) in [5.41, 5.74) is 0.0258. The molecule has 0 aromatic heterocycles. The Labute approximate surface area is 76.2 Å². The molecule has 0 aromatic rings. The van der Waals surface area contributed by atoms with E-state index in [0.717, 1.165) is 12.8 Å². The van der Waals surface area contributed by atoms with E-state index in [-0.39, 0.29) is 5.60 Å². The zero-order chi connectivity index (χ0) is 9.57. The molecule has 0 aliphatic heterocycles. The van der Waals surface area contributed by atoms with Crippen LogP contribution in [0.15, 0.2) is 0 Å². The van der Waals surface area contributed by atoms with Gasteiger partial charge in [0.15, 0.2) is 0 Å². The van der Waals surface area contributed by atoms with Gasteiger partial charge in [0.1, 0.15) is 0 Å². The van der Waals surface area contributed by atoms with Gasteiger partial charge in [-0.15, -0.1) is 0 Å². The summed E-state index contributed by atoms with van der Waals surface area (Å²) in [6, 6.07) is 0. The lowest BCUT2D eigenvalue weighted by Gasteiger charge is -2.57. The average molecular weight is 170 g/mol. The second-order valence-electron chi connectivity index (χ2n) is 5.39. The molecule has 72 valence electrons. The molecule has 0 aromatic carbocycles. The topological polar surface area (TPSA) is 20.2 Å². The first-order valence-corrected chi connectivity index (χ1v) is 5.02. The molecule has 0 unspecified atom stereocenters. The third kappa shape index (κ3) is 1.39. The summed E-state index contributed by atoms with van der Waals surface area (Å²) in [5.74, 6) is 1.38. The van der Waals surface area contributed by atoms with Gasteiger partial charge in [-0.2, -0.15) is 0 Å². The van der Waals surface area contributed by atoms with E-state index in [1.165, 1.54) is 0 Å².